The first-order valence-electron chi connectivity index (χ1n) is 6.70. The third-order valence-electron chi connectivity index (χ3n) is 3.58. The second-order valence-corrected chi connectivity index (χ2v) is 5.30. The molecule has 1 amide bonds. The minimum atomic E-state index is -4.85. The smallest absolute Gasteiger partial charge is 0.403 e. The van der Waals surface area contributed by atoms with Gasteiger partial charge in [0.25, 0.3) is 0 Å². The van der Waals surface area contributed by atoms with E-state index >= 15 is 0 Å². The van der Waals surface area contributed by atoms with Crippen LogP contribution >= 0.6 is 0 Å². The number of carbonyl (C=O) groups is 2. The number of morpholine rings is 1. The Morgan fingerprint density at radius 3 is 2.57 bits per heavy atom. The van der Waals surface area contributed by atoms with Gasteiger partial charge in [0.2, 0.25) is 5.91 Å². The highest BCUT2D eigenvalue weighted by atomic mass is 19.4. The zero-order valence-electron chi connectivity index (χ0n) is 11.2. The van der Waals surface area contributed by atoms with Crippen LogP contribution in [0.25, 0.3) is 0 Å². The van der Waals surface area contributed by atoms with E-state index < -0.39 is 36.6 Å². The molecule has 0 bridgehead atoms. The van der Waals surface area contributed by atoms with Crippen LogP contribution < -0.4 is 5.32 Å². The van der Waals surface area contributed by atoms with Crippen LogP contribution in [0.5, 0.6) is 0 Å². The molecule has 2 N–H and O–H groups in total. The number of alkyl halides is 3. The second kappa shape index (κ2) is 6.18. The molecule has 21 heavy (non-hydrogen) atoms. The lowest BCUT2D eigenvalue weighted by molar-refractivity contribution is -0.200. The molecule has 0 aromatic rings. The van der Waals surface area contributed by atoms with Gasteiger partial charge in [-0.05, 0) is 12.8 Å². The minimum absolute atomic E-state index is 0.0251. The third kappa shape index (κ3) is 4.31. The van der Waals surface area contributed by atoms with Gasteiger partial charge < -0.3 is 15.2 Å². The van der Waals surface area contributed by atoms with Crippen LogP contribution in [0.15, 0.2) is 0 Å². The maximum Gasteiger partial charge on any atom is 0.403 e. The Morgan fingerprint density at radius 1 is 1.38 bits per heavy atom. The normalized spacial score (nSPS) is 25.4. The standard InChI is InChI=1S/C12H17F3N2O4/c13-12(14,15)8(11(19)20)5-17-3-4-21-6-9(17)10(18)16-7-1-2-7/h7-9H,1-6H2,(H,16,18)(H,19,20). The van der Waals surface area contributed by atoms with Crippen molar-refractivity contribution in [3.05, 3.63) is 0 Å². The zero-order valence-corrected chi connectivity index (χ0v) is 11.2. The maximum atomic E-state index is 12.7. The fourth-order valence-corrected chi connectivity index (χ4v) is 2.18. The Labute approximate surface area is 119 Å². The van der Waals surface area contributed by atoms with Crippen molar-refractivity contribution in [2.24, 2.45) is 5.92 Å². The fraction of sp³-hybridized carbons (Fsp3) is 0.833. The number of halogens is 3. The number of amides is 1. The molecule has 6 nitrogen and oxygen atoms in total. The van der Waals surface area contributed by atoms with Crippen molar-refractivity contribution in [3.8, 4) is 0 Å². The highest BCUT2D eigenvalue weighted by Crippen LogP contribution is 2.28. The molecule has 1 saturated heterocycles. The quantitative estimate of drug-likeness (QED) is 0.760. The highest BCUT2D eigenvalue weighted by Gasteiger charge is 2.47. The number of ether oxygens (including phenoxy) is 1. The Kier molecular flexibility index (Phi) is 4.72. The van der Waals surface area contributed by atoms with Crippen molar-refractivity contribution in [3.63, 3.8) is 0 Å². The van der Waals surface area contributed by atoms with E-state index in [2.05, 4.69) is 5.32 Å². The molecule has 0 spiro atoms. The van der Waals surface area contributed by atoms with Crippen LogP contribution in [0.3, 0.4) is 0 Å². The van der Waals surface area contributed by atoms with E-state index in [0.29, 0.717) is 0 Å². The lowest BCUT2D eigenvalue weighted by Crippen LogP contribution is -2.57. The average molecular weight is 310 g/mol. The maximum absolute atomic E-state index is 12.7. The van der Waals surface area contributed by atoms with Crippen LogP contribution in [0.2, 0.25) is 0 Å². The zero-order chi connectivity index (χ0) is 15.6. The Balaban J connectivity index is 2.03. The minimum Gasteiger partial charge on any atom is -0.481 e. The van der Waals surface area contributed by atoms with Gasteiger partial charge in [-0.1, -0.05) is 0 Å². The number of carboxylic acid groups (broad SMARTS) is 1. The number of nitrogens with one attached hydrogen (secondary N) is 1. The fourth-order valence-electron chi connectivity index (χ4n) is 2.18. The van der Waals surface area contributed by atoms with Gasteiger partial charge in [0.15, 0.2) is 5.92 Å². The summed E-state index contributed by atoms with van der Waals surface area (Å²) in [5.74, 6) is -4.84. The Hall–Kier alpha value is -1.35. The first-order valence-corrected chi connectivity index (χ1v) is 6.70. The van der Waals surface area contributed by atoms with Crippen LogP contribution in [0, 0.1) is 5.92 Å². The number of nitrogens with zero attached hydrogens (tertiary/aromatic N) is 1. The van der Waals surface area contributed by atoms with Gasteiger partial charge in [-0.3, -0.25) is 14.5 Å². The molecule has 1 heterocycles. The van der Waals surface area contributed by atoms with Gasteiger partial charge in [-0.15, -0.1) is 0 Å². The predicted octanol–water partition coefficient (Wildman–Crippen LogP) is 0.229. The summed E-state index contributed by atoms with van der Waals surface area (Å²) < 4.78 is 43.3. The molecule has 2 aliphatic rings. The average Bonchev–Trinajstić information content (AvgIpc) is 3.18. The summed E-state index contributed by atoms with van der Waals surface area (Å²) in [6, 6.07) is -0.789. The SMILES string of the molecule is O=C(NC1CC1)C1COCCN1CC(C(=O)O)C(F)(F)F. The van der Waals surface area contributed by atoms with Crippen molar-refractivity contribution in [2.75, 3.05) is 26.3 Å². The predicted molar refractivity (Wildman–Crippen MR) is 64.5 cm³/mol. The van der Waals surface area contributed by atoms with Gasteiger partial charge in [0.05, 0.1) is 13.2 Å². The van der Waals surface area contributed by atoms with E-state index in [-0.39, 0.29) is 25.8 Å². The van der Waals surface area contributed by atoms with Crippen LogP contribution in [0.1, 0.15) is 12.8 Å². The number of hydrogen-bond acceptors (Lipinski definition) is 4. The molecule has 2 rings (SSSR count). The van der Waals surface area contributed by atoms with Crippen LogP contribution in [0.4, 0.5) is 13.2 Å². The largest absolute Gasteiger partial charge is 0.481 e. The van der Waals surface area contributed by atoms with E-state index in [9.17, 15) is 22.8 Å². The van der Waals surface area contributed by atoms with E-state index in [1.807, 2.05) is 0 Å². The summed E-state index contributed by atoms with van der Waals surface area (Å²) in [5, 5.41) is 11.4. The number of carbonyl (C=O) groups excluding carboxylic acids is 1. The van der Waals surface area contributed by atoms with E-state index in [1.165, 1.54) is 4.90 Å². The number of hydrogen-bond donors (Lipinski definition) is 2. The van der Waals surface area contributed by atoms with Crippen molar-refractivity contribution in [1.82, 2.24) is 10.2 Å². The van der Waals surface area contributed by atoms with Gasteiger partial charge in [0, 0.05) is 19.1 Å². The lowest BCUT2D eigenvalue weighted by Gasteiger charge is -2.36. The topological polar surface area (TPSA) is 78.9 Å². The van der Waals surface area contributed by atoms with E-state index in [0.717, 1.165) is 12.8 Å². The molecule has 0 aromatic carbocycles. The number of carboxylic acids is 1. The molecule has 2 fully saturated rings. The van der Waals surface area contributed by atoms with Crippen molar-refractivity contribution >= 4 is 11.9 Å². The lowest BCUT2D eigenvalue weighted by atomic mass is 10.1. The monoisotopic (exact) mass is 310 g/mol. The Morgan fingerprint density at radius 2 is 2.05 bits per heavy atom. The van der Waals surface area contributed by atoms with Gasteiger partial charge in [-0.2, -0.15) is 13.2 Å². The molecule has 1 aliphatic carbocycles. The van der Waals surface area contributed by atoms with Crippen molar-refractivity contribution in [2.45, 2.75) is 31.1 Å². The molecule has 0 aromatic heterocycles. The number of rotatable bonds is 5. The molecular formula is C12H17F3N2O4. The van der Waals surface area contributed by atoms with Crippen molar-refractivity contribution in [1.29, 1.82) is 0 Å². The van der Waals surface area contributed by atoms with E-state index in [4.69, 9.17) is 9.84 Å². The molecule has 9 heteroatoms. The van der Waals surface area contributed by atoms with E-state index in [1.54, 1.807) is 0 Å². The van der Waals surface area contributed by atoms with Gasteiger partial charge >= 0.3 is 12.1 Å². The first kappa shape index (κ1) is 16.0. The summed E-state index contributed by atoms with van der Waals surface area (Å²) >= 11 is 0. The molecular weight excluding hydrogens is 293 g/mol. The van der Waals surface area contributed by atoms with Crippen LogP contribution in [-0.4, -0.2) is 66.4 Å². The summed E-state index contributed by atoms with van der Waals surface area (Å²) in [5.41, 5.74) is 0. The molecule has 2 unspecified atom stereocenters. The van der Waals surface area contributed by atoms with Gasteiger partial charge in [-0.25, -0.2) is 0 Å². The van der Waals surface area contributed by atoms with Crippen LogP contribution in [-0.2, 0) is 14.3 Å². The number of aliphatic carboxylic acids is 1. The molecule has 0 radical (unpaired) electrons. The first-order chi connectivity index (χ1) is 9.79. The molecule has 1 aliphatic heterocycles. The summed E-state index contributed by atoms with van der Waals surface area (Å²) in [4.78, 5) is 24.0. The highest BCUT2D eigenvalue weighted by molar-refractivity contribution is 5.82. The molecule has 2 atom stereocenters. The summed E-state index contributed by atoms with van der Waals surface area (Å²) in [6.45, 7) is -0.492. The molecule has 120 valence electrons. The third-order valence-corrected chi connectivity index (χ3v) is 3.58. The van der Waals surface area contributed by atoms with Gasteiger partial charge in [0.1, 0.15) is 6.04 Å². The molecule has 1 saturated carbocycles. The summed E-state index contributed by atoms with van der Waals surface area (Å²) in [6.07, 6.45) is -3.12. The summed E-state index contributed by atoms with van der Waals surface area (Å²) in [7, 11) is 0. The second-order valence-electron chi connectivity index (χ2n) is 5.30. The Bertz CT molecular complexity index is 412. The van der Waals surface area contributed by atoms with Crippen molar-refractivity contribution < 1.29 is 32.6 Å².